The number of hydrogen-bond acceptors (Lipinski definition) is 1. The van der Waals surface area contributed by atoms with Gasteiger partial charge in [0.15, 0.2) is 0 Å². The van der Waals surface area contributed by atoms with E-state index in [0.717, 1.165) is 5.92 Å². The molecule has 1 rings (SSSR count). The minimum atomic E-state index is 0.497. The summed E-state index contributed by atoms with van der Waals surface area (Å²) in [4.78, 5) is 3.08. The third-order valence-electron chi connectivity index (χ3n) is 2.08. The SMILES string of the molecule is CNC(CC(C)C)c1cc[nH]c1. The quantitative estimate of drug-likeness (QED) is 0.706. The molecule has 12 heavy (non-hydrogen) atoms. The van der Waals surface area contributed by atoms with E-state index >= 15 is 0 Å². The number of H-pyrrole nitrogens is 1. The van der Waals surface area contributed by atoms with E-state index in [-0.39, 0.29) is 0 Å². The van der Waals surface area contributed by atoms with Crippen LogP contribution >= 0.6 is 0 Å². The zero-order chi connectivity index (χ0) is 8.97. The summed E-state index contributed by atoms with van der Waals surface area (Å²) < 4.78 is 0. The number of hydrogen-bond donors (Lipinski definition) is 2. The number of rotatable bonds is 4. The summed E-state index contributed by atoms with van der Waals surface area (Å²) in [6.07, 6.45) is 5.22. The Bertz CT molecular complexity index is 202. The van der Waals surface area contributed by atoms with Gasteiger partial charge in [0.2, 0.25) is 0 Å². The molecule has 2 heteroatoms. The monoisotopic (exact) mass is 166 g/mol. The molecule has 68 valence electrons. The zero-order valence-corrected chi connectivity index (χ0v) is 8.09. The minimum Gasteiger partial charge on any atom is -0.367 e. The van der Waals surface area contributed by atoms with Gasteiger partial charge < -0.3 is 10.3 Å². The van der Waals surface area contributed by atoms with Crippen LogP contribution in [-0.4, -0.2) is 12.0 Å². The Morgan fingerprint density at radius 2 is 2.25 bits per heavy atom. The van der Waals surface area contributed by atoms with Crippen LogP contribution in [0.15, 0.2) is 18.5 Å². The van der Waals surface area contributed by atoms with Crippen molar-refractivity contribution in [3.63, 3.8) is 0 Å². The number of nitrogens with one attached hydrogen (secondary N) is 2. The summed E-state index contributed by atoms with van der Waals surface area (Å²) >= 11 is 0. The van der Waals surface area contributed by atoms with E-state index in [1.807, 2.05) is 13.2 Å². The van der Waals surface area contributed by atoms with E-state index in [4.69, 9.17) is 0 Å². The predicted octanol–water partition coefficient (Wildman–Crippen LogP) is 2.32. The number of aromatic nitrogens is 1. The van der Waals surface area contributed by atoms with Crippen molar-refractivity contribution in [2.45, 2.75) is 26.3 Å². The molecule has 2 nitrogen and oxygen atoms in total. The van der Waals surface area contributed by atoms with Crippen LogP contribution in [0, 0.1) is 5.92 Å². The van der Waals surface area contributed by atoms with Crippen LogP contribution in [0.3, 0.4) is 0 Å². The molecule has 0 fully saturated rings. The van der Waals surface area contributed by atoms with Crippen LogP contribution in [0.2, 0.25) is 0 Å². The van der Waals surface area contributed by atoms with Crippen molar-refractivity contribution in [2.24, 2.45) is 5.92 Å². The van der Waals surface area contributed by atoms with Crippen LogP contribution in [-0.2, 0) is 0 Å². The van der Waals surface area contributed by atoms with Gasteiger partial charge in [0.05, 0.1) is 0 Å². The molecule has 1 atom stereocenters. The molecule has 0 aliphatic carbocycles. The van der Waals surface area contributed by atoms with Gasteiger partial charge in [-0.25, -0.2) is 0 Å². The van der Waals surface area contributed by atoms with Gasteiger partial charge in [0.1, 0.15) is 0 Å². The van der Waals surface area contributed by atoms with E-state index < -0.39 is 0 Å². The maximum atomic E-state index is 3.32. The van der Waals surface area contributed by atoms with Crippen molar-refractivity contribution in [2.75, 3.05) is 7.05 Å². The highest BCUT2D eigenvalue weighted by Crippen LogP contribution is 2.19. The molecule has 1 aromatic rings. The third kappa shape index (κ3) is 2.38. The Morgan fingerprint density at radius 3 is 2.67 bits per heavy atom. The molecule has 0 radical (unpaired) electrons. The first-order chi connectivity index (χ1) is 5.74. The molecule has 1 unspecified atom stereocenters. The van der Waals surface area contributed by atoms with Crippen LogP contribution in [0.4, 0.5) is 0 Å². The van der Waals surface area contributed by atoms with Crippen LogP contribution in [0.25, 0.3) is 0 Å². The maximum absolute atomic E-state index is 3.32. The Kier molecular flexibility index (Phi) is 3.35. The molecule has 1 aromatic heterocycles. The van der Waals surface area contributed by atoms with Gasteiger partial charge in [-0.05, 0) is 31.0 Å². The summed E-state index contributed by atoms with van der Waals surface area (Å²) in [5.41, 5.74) is 1.35. The summed E-state index contributed by atoms with van der Waals surface area (Å²) in [5.74, 6) is 0.734. The molecule has 0 spiro atoms. The standard InChI is InChI=1S/C10H18N2/c1-8(2)6-10(11-3)9-4-5-12-7-9/h4-5,7-8,10-12H,6H2,1-3H3. The Balaban J connectivity index is 2.57. The average molecular weight is 166 g/mol. The van der Waals surface area contributed by atoms with Crippen LogP contribution < -0.4 is 5.32 Å². The summed E-state index contributed by atoms with van der Waals surface area (Å²) in [6, 6.07) is 2.63. The molecule has 0 aliphatic rings. The molecule has 2 N–H and O–H groups in total. The van der Waals surface area contributed by atoms with E-state index in [9.17, 15) is 0 Å². The fraction of sp³-hybridized carbons (Fsp3) is 0.600. The minimum absolute atomic E-state index is 0.497. The number of aromatic amines is 1. The van der Waals surface area contributed by atoms with Crippen molar-refractivity contribution in [3.8, 4) is 0 Å². The zero-order valence-electron chi connectivity index (χ0n) is 8.09. The fourth-order valence-corrected chi connectivity index (χ4v) is 1.45. The van der Waals surface area contributed by atoms with Gasteiger partial charge >= 0.3 is 0 Å². The lowest BCUT2D eigenvalue weighted by Crippen LogP contribution is -2.17. The molecule has 0 saturated heterocycles. The van der Waals surface area contributed by atoms with E-state index in [1.165, 1.54) is 12.0 Å². The van der Waals surface area contributed by atoms with Gasteiger partial charge in [-0.2, -0.15) is 0 Å². The molecular formula is C10H18N2. The molecule has 0 aromatic carbocycles. The Hall–Kier alpha value is -0.760. The van der Waals surface area contributed by atoms with Crippen LogP contribution in [0.5, 0.6) is 0 Å². The second-order valence-electron chi connectivity index (χ2n) is 3.62. The molecule has 1 heterocycles. The molecule has 0 amide bonds. The first kappa shape index (κ1) is 9.33. The highest BCUT2D eigenvalue weighted by molar-refractivity contribution is 5.13. The highest BCUT2D eigenvalue weighted by atomic mass is 14.9. The van der Waals surface area contributed by atoms with Gasteiger partial charge in [-0.1, -0.05) is 13.8 Å². The van der Waals surface area contributed by atoms with E-state index in [1.54, 1.807) is 0 Å². The van der Waals surface area contributed by atoms with Crippen LogP contribution in [0.1, 0.15) is 31.9 Å². The van der Waals surface area contributed by atoms with Crippen molar-refractivity contribution in [1.82, 2.24) is 10.3 Å². The smallest absolute Gasteiger partial charge is 0.0334 e. The van der Waals surface area contributed by atoms with Crippen molar-refractivity contribution >= 4 is 0 Å². The van der Waals surface area contributed by atoms with Gasteiger partial charge in [-0.3, -0.25) is 0 Å². The van der Waals surface area contributed by atoms with Crippen molar-refractivity contribution in [3.05, 3.63) is 24.0 Å². The average Bonchev–Trinajstić information content (AvgIpc) is 2.51. The Morgan fingerprint density at radius 1 is 1.50 bits per heavy atom. The summed E-state index contributed by atoms with van der Waals surface area (Å²) in [7, 11) is 2.01. The first-order valence-electron chi connectivity index (χ1n) is 4.54. The lowest BCUT2D eigenvalue weighted by molar-refractivity contribution is 0.457. The topological polar surface area (TPSA) is 27.8 Å². The second-order valence-corrected chi connectivity index (χ2v) is 3.62. The normalized spacial score (nSPS) is 13.7. The van der Waals surface area contributed by atoms with E-state index in [0.29, 0.717) is 6.04 Å². The molecule has 0 aliphatic heterocycles. The molecule has 0 bridgehead atoms. The Labute approximate surface area is 74.4 Å². The molecular weight excluding hydrogens is 148 g/mol. The summed E-state index contributed by atoms with van der Waals surface area (Å²) in [6.45, 7) is 4.49. The second kappa shape index (κ2) is 4.31. The highest BCUT2D eigenvalue weighted by Gasteiger charge is 2.10. The van der Waals surface area contributed by atoms with Crippen molar-refractivity contribution < 1.29 is 0 Å². The third-order valence-corrected chi connectivity index (χ3v) is 2.08. The van der Waals surface area contributed by atoms with Gasteiger partial charge in [-0.15, -0.1) is 0 Å². The van der Waals surface area contributed by atoms with Gasteiger partial charge in [0, 0.05) is 18.4 Å². The van der Waals surface area contributed by atoms with E-state index in [2.05, 4.69) is 36.4 Å². The lowest BCUT2D eigenvalue weighted by Gasteiger charge is -2.16. The van der Waals surface area contributed by atoms with Crippen molar-refractivity contribution in [1.29, 1.82) is 0 Å². The summed E-state index contributed by atoms with van der Waals surface area (Å²) in [5, 5.41) is 3.32. The molecule has 0 saturated carbocycles. The maximum Gasteiger partial charge on any atom is 0.0334 e. The first-order valence-corrected chi connectivity index (χ1v) is 4.54. The largest absolute Gasteiger partial charge is 0.367 e. The fourth-order valence-electron chi connectivity index (χ4n) is 1.45. The predicted molar refractivity (Wildman–Crippen MR) is 52.0 cm³/mol. The lowest BCUT2D eigenvalue weighted by atomic mass is 9.99. The van der Waals surface area contributed by atoms with Gasteiger partial charge in [0.25, 0.3) is 0 Å².